The van der Waals surface area contributed by atoms with Crippen LogP contribution in [0.4, 0.5) is 0 Å². The molecule has 1 fully saturated rings. The molecule has 0 atom stereocenters. The van der Waals surface area contributed by atoms with Gasteiger partial charge in [-0.1, -0.05) is 18.2 Å². The molecule has 0 radical (unpaired) electrons. The van der Waals surface area contributed by atoms with Gasteiger partial charge in [0.05, 0.1) is 18.0 Å². The maximum absolute atomic E-state index is 9.39. The molecule has 3 heterocycles. The van der Waals surface area contributed by atoms with E-state index in [1.165, 1.54) is 16.7 Å². The Morgan fingerprint density at radius 3 is 2.91 bits per heavy atom. The molecule has 112 valence electrons. The molecule has 0 amide bonds. The Bertz CT molecular complexity index is 818. The second-order valence-electron chi connectivity index (χ2n) is 6.12. The van der Waals surface area contributed by atoms with Crippen LogP contribution in [0.1, 0.15) is 11.1 Å². The summed E-state index contributed by atoms with van der Waals surface area (Å²) in [6, 6.07) is 12.8. The number of likely N-dealkylation sites (tertiary alicyclic amines) is 1. The van der Waals surface area contributed by atoms with E-state index in [4.69, 9.17) is 0 Å². The lowest BCUT2D eigenvalue weighted by Crippen LogP contribution is -2.49. The Balaban J connectivity index is 1.66. The summed E-state index contributed by atoms with van der Waals surface area (Å²) in [7, 11) is 0. The summed E-state index contributed by atoms with van der Waals surface area (Å²) < 4.78 is 2.12. The summed E-state index contributed by atoms with van der Waals surface area (Å²) >= 11 is 0. The number of imidazole rings is 1. The van der Waals surface area contributed by atoms with Gasteiger partial charge >= 0.3 is 0 Å². The zero-order valence-electron chi connectivity index (χ0n) is 12.6. The monoisotopic (exact) mass is 293 g/mol. The van der Waals surface area contributed by atoms with E-state index in [0.29, 0.717) is 0 Å². The maximum atomic E-state index is 9.39. The predicted octanol–water partition coefficient (Wildman–Crippen LogP) is 2.49. The van der Waals surface area contributed by atoms with E-state index < -0.39 is 0 Å². The highest BCUT2D eigenvalue weighted by atomic mass is 16.3. The normalized spacial score (nSPS) is 16.1. The molecule has 0 unspecified atom stereocenters. The molecule has 1 N–H and O–H groups in total. The van der Waals surface area contributed by atoms with E-state index in [-0.39, 0.29) is 6.10 Å². The summed E-state index contributed by atoms with van der Waals surface area (Å²) in [5, 5.41) is 9.39. The third-order valence-electron chi connectivity index (χ3n) is 4.24. The Morgan fingerprint density at radius 2 is 2.09 bits per heavy atom. The molecule has 0 aliphatic carbocycles. The molecule has 2 aromatic heterocycles. The largest absolute Gasteiger partial charge is 0.390 e. The minimum Gasteiger partial charge on any atom is -0.390 e. The first-order valence-corrected chi connectivity index (χ1v) is 7.62. The second kappa shape index (κ2) is 5.23. The highest BCUT2D eigenvalue weighted by Crippen LogP contribution is 2.23. The number of aliphatic hydroxyl groups is 1. The maximum Gasteiger partial charge on any atom is 0.137 e. The molecule has 0 spiro atoms. The van der Waals surface area contributed by atoms with Crippen molar-refractivity contribution in [1.29, 1.82) is 0 Å². The van der Waals surface area contributed by atoms with Crippen LogP contribution in [-0.2, 0) is 6.54 Å². The van der Waals surface area contributed by atoms with E-state index in [1.807, 2.05) is 6.20 Å². The van der Waals surface area contributed by atoms with Crippen LogP contribution in [0, 0.1) is 6.92 Å². The number of pyridine rings is 1. The zero-order chi connectivity index (χ0) is 15.1. The van der Waals surface area contributed by atoms with Gasteiger partial charge in [0.2, 0.25) is 0 Å². The SMILES string of the molecule is Cc1ccn2c(-c3cccc(CN4CC(O)C4)c3)cnc2c1. The first kappa shape index (κ1) is 13.5. The smallest absolute Gasteiger partial charge is 0.137 e. The van der Waals surface area contributed by atoms with Crippen molar-refractivity contribution in [2.24, 2.45) is 0 Å². The molecule has 3 aromatic rings. The summed E-state index contributed by atoms with van der Waals surface area (Å²) in [6.45, 7) is 4.52. The van der Waals surface area contributed by atoms with Crippen molar-refractivity contribution in [3.05, 3.63) is 59.9 Å². The van der Waals surface area contributed by atoms with Crippen LogP contribution in [0.25, 0.3) is 16.9 Å². The minimum atomic E-state index is -0.148. The van der Waals surface area contributed by atoms with Gasteiger partial charge in [0.1, 0.15) is 5.65 Å². The average molecular weight is 293 g/mol. The van der Waals surface area contributed by atoms with Crippen LogP contribution >= 0.6 is 0 Å². The summed E-state index contributed by atoms with van der Waals surface area (Å²) in [5.41, 5.74) is 5.75. The van der Waals surface area contributed by atoms with Crippen molar-refractivity contribution in [2.75, 3.05) is 13.1 Å². The van der Waals surface area contributed by atoms with Gasteiger partial charge in [-0.05, 0) is 36.2 Å². The van der Waals surface area contributed by atoms with Gasteiger partial charge in [0.15, 0.2) is 0 Å². The molecule has 4 rings (SSSR count). The first-order valence-electron chi connectivity index (χ1n) is 7.62. The van der Waals surface area contributed by atoms with Crippen molar-refractivity contribution >= 4 is 5.65 Å². The standard InChI is InChI=1S/C18H19N3O/c1-13-5-6-21-17(9-19-18(21)7-13)15-4-2-3-14(8-15)10-20-11-16(22)12-20/h2-9,16,22H,10-12H2,1H3. The lowest BCUT2D eigenvalue weighted by molar-refractivity contribution is -0.00285. The number of aryl methyl sites for hydroxylation is 1. The lowest BCUT2D eigenvalue weighted by Gasteiger charge is -2.35. The highest BCUT2D eigenvalue weighted by molar-refractivity contribution is 5.64. The summed E-state index contributed by atoms with van der Waals surface area (Å²) in [5.74, 6) is 0. The fraction of sp³-hybridized carbons (Fsp3) is 0.278. The Hall–Kier alpha value is -2.17. The Labute approximate surface area is 129 Å². The summed E-state index contributed by atoms with van der Waals surface area (Å²) in [4.78, 5) is 6.75. The van der Waals surface area contributed by atoms with Gasteiger partial charge in [-0.2, -0.15) is 0 Å². The van der Waals surface area contributed by atoms with Gasteiger partial charge < -0.3 is 5.11 Å². The molecule has 0 bridgehead atoms. The second-order valence-corrected chi connectivity index (χ2v) is 6.12. The topological polar surface area (TPSA) is 40.8 Å². The van der Waals surface area contributed by atoms with Crippen LogP contribution in [0.3, 0.4) is 0 Å². The van der Waals surface area contributed by atoms with Crippen LogP contribution in [0.15, 0.2) is 48.8 Å². The predicted molar refractivity (Wildman–Crippen MR) is 86.6 cm³/mol. The lowest BCUT2D eigenvalue weighted by atomic mass is 10.1. The molecule has 1 saturated heterocycles. The van der Waals surface area contributed by atoms with Crippen molar-refractivity contribution in [1.82, 2.24) is 14.3 Å². The molecule has 1 aliphatic rings. The van der Waals surface area contributed by atoms with E-state index >= 15 is 0 Å². The van der Waals surface area contributed by atoms with E-state index in [2.05, 4.69) is 63.8 Å². The van der Waals surface area contributed by atoms with Gasteiger partial charge in [-0.15, -0.1) is 0 Å². The van der Waals surface area contributed by atoms with E-state index in [9.17, 15) is 5.11 Å². The van der Waals surface area contributed by atoms with Crippen LogP contribution in [-0.4, -0.2) is 38.6 Å². The molecular formula is C18H19N3O. The number of fused-ring (bicyclic) bond motifs is 1. The third-order valence-corrected chi connectivity index (χ3v) is 4.24. The molecule has 1 aliphatic heterocycles. The first-order chi connectivity index (χ1) is 10.7. The fourth-order valence-corrected chi connectivity index (χ4v) is 3.05. The van der Waals surface area contributed by atoms with Crippen molar-refractivity contribution < 1.29 is 5.11 Å². The minimum absolute atomic E-state index is 0.148. The molecule has 1 aromatic carbocycles. The number of nitrogens with zero attached hydrogens (tertiary/aromatic N) is 3. The molecule has 4 heteroatoms. The molecular weight excluding hydrogens is 274 g/mol. The van der Waals surface area contributed by atoms with Gasteiger partial charge in [-0.25, -0.2) is 4.98 Å². The van der Waals surface area contributed by atoms with Gasteiger partial charge in [-0.3, -0.25) is 9.30 Å². The van der Waals surface area contributed by atoms with Crippen molar-refractivity contribution in [3.8, 4) is 11.3 Å². The highest BCUT2D eigenvalue weighted by Gasteiger charge is 2.23. The molecule has 4 nitrogen and oxygen atoms in total. The number of rotatable bonds is 3. The summed E-state index contributed by atoms with van der Waals surface area (Å²) in [6.07, 6.45) is 3.86. The van der Waals surface area contributed by atoms with Crippen LogP contribution in [0.5, 0.6) is 0 Å². The number of aromatic nitrogens is 2. The van der Waals surface area contributed by atoms with Gasteiger partial charge in [0, 0.05) is 31.4 Å². The van der Waals surface area contributed by atoms with Gasteiger partial charge in [0.25, 0.3) is 0 Å². The van der Waals surface area contributed by atoms with Crippen LogP contribution in [0.2, 0.25) is 0 Å². The molecule has 0 saturated carbocycles. The fourth-order valence-electron chi connectivity index (χ4n) is 3.05. The van der Waals surface area contributed by atoms with E-state index in [1.54, 1.807) is 0 Å². The van der Waals surface area contributed by atoms with E-state index in [0.717, 1.165) is 31.0 Å². The number of benzene rings is 1. The zero-order valence-corrected chi connectivity index (χ0v) is 12.6. The number of β-amino-alcohol motifs (C(OH)–C–C–N with tert-alkyl or cyclic N) is 1. The van der Waals surface area contributed by atoms with Crippen molar-refractivity contribution in [2.45, 2.75) is 19.6 Å². The average Bonchev–Trinajstić information content (AvgIpc) is 2.89. The van der Waals surface area contributed by atoms with Crippen molar-refractivity contribution in [3.63, 3.8) is 0 Å². The molecule has 22 heavy (non-hydrogen) atoms. The Kier molecular flexibility index (Phi) is 3.21. The quantitative estimate of drug-likeness (QED) is 0.806. The number of aliphatic hydroxyl groups excluding tert-OH is 1. The van der Waals surface area contributed by atoms with Crippen LogP contribution < -0.4 is 0 Å². The number of hydrogen-bond acceptors (Lipinski definition) is 3. The number of hydrogen-bond donors (Lipinski definition) is 1. The third kappa shape index (κ3) is 2.40. The Morgan fingerprint density at radius 1 is 1.23 bits per heavy atom.